The minimum Gasteiger partial charge on any atom is -0.395 e. The third kappa shape index (κ3) is 2.88. The number of hydrogen-bond donors (Lipinski definition) is 1. The van der Waals surface area contributed by atoms with Crippen molar-refractivity contribution in [3.63, 3.8) is 0 Å². The van der Waals surface area contributed by atoms with Gasteiger partial charge in [-0.05, 0) is 33.0 Å². The number of hydrogen-bond acceptors (Lipinski definition) is 4. The van der Waals surface area contributed by atoms with E-state index in [0.717, 1.165) is 25.3 Å². The van der Waals surface area contributed by atoms with Gasteiger partial charge in [0.1, 0.15) is 0 Å². The lowest BCUT2D eigenvalue weighted by molar-refractivity contribution is -0.0301. The molecule has 0 radical (unpaired) electrons. The summed E-state index contributed by atoms with van der Waals surface area (Å²) in [6, 6.07) is 6.22. The van der Waals surface area contributed by atoms with Crippen molar-refractivity contribution >= 4 is 0 Å². The molecule has 1 aliphatic rings. The quantitative estimate of drug-likeness (QED) is 0.866. The van der Waals surface area contributed by atoms with Crippen molar-refractivity contribution in [2.24, 2.45) is 0 Å². The smallest absolute Gasteiger partial charge is 0.0599 e. The molecule has 1 N–H and O–H groups in total. The molecule has 1 saturated heterocycles. The van der Waals surface area contributed by atoms with Gasteiger partial charge in [-0.25, -0.2) is 0 Å². The second-order valence-corrected chi connectivity index (χ2v) is 5.75. The predicted octanol–water partition coefficient (Wildman–Crippen LogP) is 0.968. The van der Waals surface area contributed by atoms with Crippen LogP contribution >= 0.6 is 0 Å². The Hall–Kier alpha value is -0.970. The second-order valence-electron chi connectivity index (χ2n) is 5.75. The Kier molecular flexibility index (Phi) is 4.00. The van der Waals surface area contributed by atoms with Crippen LogP contribution in [0.15, 0.2) is 24.4 Å². The van der Waals surface area contributed by atoms with Crippen molar-refractivity contribution < 1.29 is 5.11 Å². The zero-order valence-electron chi connectivity index (χ0n) is 11.5. The van der Waals surface area contributed by atoms with Crippen molar-refractivity contribution in [3.8, 4) is 0 Å². The third-order valence-electron chi connectivity index (χ3n) is 3.90. The first-order valence-corrected chi connectivity index (χ1v) is 6.49. The summed E-state index contributed by atoms with van der Waals surface area (Å²) in [5.74, 6) is 0. The first-order valence-electron chi connectivity index (χ1n) is 6.49. The number of nitrogens with zero attached hydrogens (tertiary/aromatic N) is 3. The van der Waals surface area contributed by atoms with E-state index in [2.05, 4.69) is 41.7 Å². The summed E-state index contributed by atoms with van der Waals surface area (Å²) < 4.78 is 0. The molecule has 0 aliphatic carbocycles. The summed E-state index contributed by atoms with van der Waals surface area (Å²) >= 11 is 0. The molecule has 2 rings (SSSR count). The van der Waals surface area contributed by atoms with Gasteiger partial charge in [0, 0.05) is 37.4 Å². The minimum atomic E-state index is 0.0838. The van der Waals surface area contributed by atoms with E-state index in [4.69, 9.17) is 0 Å². The maximum atomic E-state index is 9.49. The third-order valence-corrected chi connectivity index (χ3v) is 3.90. The summed E-state index contributed by atoms with van der Waals surface area (Å²) in [4.78, 5) is 9.03. The molecule has 0 bridgehead atoms. The summed E-state index contributed by atoms with van der Waals surface area (Å²) in [5, 5.41) is 9.49. The fourth-order valence-corrected chi connectivity index (χ4v) is 2.66. The van der Waals surface area contributed by atoms with Gasteiger partial charge in [-0.3, -0.25) is 14.8 Å². The van der Waals surface area contributed by atoms with Gasteiger partial charge in [0.05, 0.1) is 12.3 Å². The van der Waals surface area contributed by atoms with Crippen LogP contribution in [0, 0.1) is 0 Å². The molecule has 1 fully saturated rings. The Labute approximate surface area is 109 Å². The second kappa shape index (κ2) is 5.34. The molecule has 0 saturated carbocycles. The van der Waals surface area contributed by atoms with Crippen LogP contribution in [0.1, 0.15) is 19.5 Å². The van der Waals surface area contributed by atoms with E-state index in [1.807, 2.05) is 18.3 Å². The Balaban J connectivity index is 2.06. The molecule has 0 spiro atoms. The van der Waals surface area contributed by atoms with Crippen molar-refractivity contribution in [1.29, 1.82) is 0 Å². The zero-order chi connectivity index (χ0) is 13.2. The highest BCUT2D eigenvalue weighted by Crippen LogP contribution is 2.24. The van der Waals surface area contributed by atoms with Gasteiger partial charge in [-0.15, -0.1) is 0 Å². The molecule has 2 heterocycles. The van der Waals surface area contributed by atoms with Crippen LogP contribution < -0.4 is 0 Å². The fraction of sp³-hybridized carbons (Fsp3) is 0.643. The molecule has 1 aromatic heterocycles. The number of likely N-dealkylation sites (N-methyl/N-ethyl adjacent to an activating group) is 1. The molecule has 18 heavy (non-hydrogen) atoms. The van der Waals surface area contributed by atoms with Crippen LogP contribution in [0.2, 0.25) is 0 Å². The molecule has 1 unspecified atom stereocenters. The van der Waals surface area contributed by atoms with Crippen molar-refractivity contribution in [3.05, 3.63) is 30.1 Å². The van der Waals surface area contributed by atoms with Crippen LogP contribution in [0.25, 0.3) is 0 Å². The minimum absolute atomic E-state index is 0.0838. The molecule has 100 valence electrons. The number of piperazine rings is 1. The van der Waals surface area contributed by atoms with E-state index in [-0.39, 0.29) is 18.2 Å². The fourth-order valence-electron chi connectivity index (χ4n) is 2.66. The van der Waals surface area contributed by atoms with Gasteiger partial charge >= 0.3 is 0 Å². The van der Waals surface area contributed by atoms with Gasteiger partial charge in [0.25, 0.3) is 0 Å². The van der Waals surface area contributed by atoms with E-state index < -0.39 is 0 Å². The van der Waals surface area contributed by atoms with Crippen LogP contribution in [0.4, 0.5) is 0 Å². The zero-order valence-corrected chi connectivity index (χ0v) is 11.5. The Morgan fingerprint density at radius 2 is 2.22 bits per heavy atom. The van der Waals surface area contributed by atoms with Crippen LogP contribution in [-0.2, 0) is 6.54 Å². The lowest BCUT2D eigenvalue weighted by Crippen LogP contribution is -2.63. The van der Waals surface area contributed by atoms with Gasteiger partial charge in [-0.2, -0.15) is 0 Å². The van der Waals surface area contributed by atoms with Gasteiger partial charge in [0.15, 0.2) is 0 Å². The summed E-state index contributed by atoms with van der Waals surface area (Å²) in [6.45, 7) is 7.40. The summed E-state index contributed by atoms with van der Waals surface area (Å²) in [5.41, 5.74) is 1.18. The van der Waals surface area contributed by atoms with Crippen LogP contribution in [0.5, 0.6) is 0 Å². The first-order chi connectivity index (χ1) is 8.53. The summed E-state index contributed by atoms with van der Waals surface area (Å²) in [6.07, 6.45) is 1.83. The number of rotatable bonds is 3. The monoisotopic (exact) mass is 249 g/mol. The number of pyridine rings is 1. The van der Waals surface area contributed by atoms with E-state index in [0.29, 0.717) is 0 Å². The molecule has 1 atom stereocenters. The standard InChI is InChI=1S/C14H23N3O/c1-14(2)11-17(9-13(10-18)16(14)3)8-12-6-4-5-7-15-12/h4-7,13,18H,8-11H2,1-3H3. The van der Waals surface area contributed by atoms with Crippen LogP contribution in [-0.4, -0.2) is 58.2 Å². The van der Waals surface area contributed by atoms with Gasteiger partial charge in [-0.1, -0.05) is 6.07 Å². The Morgan fingerprint density at radius 1 is 1.44 bits per heavy atom. The Bertz CT molecular complexity index is 380. The average molecular weight is 249 g/mol. The van der Waals surface area contributed by atoms with E-state index in [1.165, 1.54) is 0 Å². The highest BCUT2D eigenvalue weighted by molar-refractivity contribution is 5.04. The first kappa shape index (κ1) is 13.5. The number of aliphatic hydroxyl groups is 1. The number of aromatic nitrogens is 1. The topological polar surface area (TPSA) is 39.6 Å². The highest BCUT2D eigenvalue weighted by atomic mass is 16.3. The van der Waals surface area contributed by atoms with Crippen LogP contribution in [0.3, 0.4) is 0 Å². The molecule has 0 amide bonds. The molecule has 1 aromatic rings. The van der Waals surface area contributed by atoms with Crippen molar-refractivity contribution in [2.45, 2.75) is 32.0 Å². The molecule has 4 heteroatoms. The maximum Gasteiger partial charge on any atom is 0.0599 e. The molecule has 4 nitrogen and oxygen atoms in total. The molecule has 0 aromatic carbocycles. The normalized spacial score (nSPS) is 25.2. The van der Waals surface area contributed by atoms with Crippen molar-refractivity contribution in [2.75, 3.05) is 26.7 Å². The molecular weight excluding hydrogens is 226 g/mol. The van der Waals surface area contributed by atoms with Gasteiger partial charge in [0.2, 0.25) is 0 Å². The van der Waals surface area contributed by atoms with Gasteiger partial charge < -0.3 is 5.11 Å². The Morgan fingerprint density at radius 3 is 2.83 bits per heavy atom. The SMILES string of the molecule is CN1C(CO)CN(Cc2ccccn2)CC1(C)C. The lowest BCUT2D eigenvalue weighted by atomic mass is 9.95. The van der Waals surface area contributed by atoms with Crippen molar-refractivity contribution in [1.82, 2.24) is 14.8 Å². The maximum absolute atomic E-state index is 9.49. The van der Waals surface area contributed by atoms with E-state index in [9.17, 15) is 5.11 Å². The summed E-state index contributed by atoms with van der Waals surface area (Å²) in [7, 11) is 2.10. The average Bonchev–Trinajstić information content (AvgIpc) is 2.34. The lowest BCUT2D eigenvalue weighted by Gasteiger charge is -2.49. The predicted molar refractivity (Wildman–Crippen MR) is 72.2 cm³/mol. The van der Waals surface area contributed by atoms with E-state index in [1.54, 1.807) is 0 Å². The number of aliphatic hydroxyl groups excluding tert-OH is 1. The van der Waals surface area contributed by atoms with E-state index >= 15 is 0 Å². The highest BCUT2D eigenvalue weighted by Gasteiger charge is 2.36. The molecular formula is C14H23N3O. The largest absolute Gasteiger partial charge is 0.395 e. The molecule has 1 aliphatic heterocycles.